The molecule has 1 heterocycles. The molecule has 0 fully saturated rings. The van der Waals surface area contributed by atoms with Crippen molar-refractivity contribution in [1.29, 1.82) is 0 Å². The average Bonchev–Trinajstić information content (AvgIpc) is 2.56. The van der Waals surface area contributed by atoms with Crippen LogP contribution in [0, 0.1) is 0 Å². The Hall–Kier alpha value is -3.16. The normalized spacial score (nSPS) is 11.4. The highest BCUT2D eigenvalue weighted by Crippen LogP contribution is 2.24. The summed E-state index contributed by atoms with van der Waals surface area (Å²) < 4.78 is 10.0. The van der Waals surface area contributed by atoms with Crippen LogP contribution in [0.3, 0.4) is 0 Å². The highest BCUT2D eigenvalue weighted by atomic mass is 16.5. The van der Waals surface area contributed by atoms with Crippen LogP contribution in [0.5, 0.6) is 11.5 Å². The van der Waals surface area contributed by atoms with Gasteiger partial charge in [-0.15, -0.1) is 0 Å². The van der Waals surface area contributed by atoms with E-state index in [4.69, 9.17) is 9.47 Å². The maximum absolute atomic E-state index is 12.1. The topological polar surface area (TPSA) is 111 Å². The first kappa shape index (κ1) is 16.2. The Bertz CT molecular complexity index is 706. The molecule has 2 N–H and O–H groups in total. The van der Waals surface area contributed by atoms with Crippen molar-refractivity contribution in [3.63, 3.8) is 0 Å². The quantitative estimate of drug-likeness (QED) is 0.801. The molecular formula is C15H15N3O5. The molecule has 0 saturated carbocycles. The Labute approximate surface area is 132 Å². The van der Waals surface area contributed by atoms with Gasteiger partial charge in [-0.05, 0) is 31.2 Å². The van der Waals surface area contributed by atoms with Gasteiger partial charge in [0.15, 0.2) is 6.10 Å². The van der Waals surface area contributed by atoms with Gasteiger partial charge in [0.2, 0.25) is 5.95 Å². The number of aromatic nitrogens is 2. The van der Waals surface area contributed by atoms with Gasteiger partial charge in [0.1, 0.15) is 17.1 Å². The molecule has 8 heteroatoms. The molecule has 0 aliphatic carbocycles. The van der Waals surface area contributed by atoms with Crippen LogP contribution in [0.2, 0.25) is 0 Å². The molecule has 8 nitrogen and oxygen atoms in total. The fourth-order valence-electron chi connectivity index (χ4n) is 1.66. The lowest BCUT2D eigenvalue weighted by Crippen LogP contribution is -2.30. The van der Waals surface area contributed by atoms with E-state index in [0.717, 1.165) is 0 Å². The highest BCUT2D eigenvalue weighted by Gasteiger charge is 2.22. The number of phenols is 1. The molecule has 0 bridgehead atoms. The fourth-order valence-corrected chi connectivity index (χ4v) is 1.66. The zero-order valence-electron chi connectivity index (χ0n) is 12.5. The van der Waals surface area contributed by atoms with Crippen LogP contribution < -0.4 is 10.1 Å². The monoisotopic (exact) mass is 317 g/mol. The minimum Gasteiger partial charge on any atom is -0.507 e. The van der Waals surface area contributed by atoms with E-state index in [1.165, 1.54) is 44.6 Å². The molecule has 0 saturated heterocycles. The number of ether oxygens (including phenoxy) is 2. The summed E-state index contributed by atoms with van der Waals surface area (Å²) in [4.78, 5) is 31.7. The number of carbonyl (C=O) groups excluding carboxylic acids is 2. The molecule has 2 rings (SSSR count). The van der Waals surface area contributed by atoms with Crippen LogP contribution in [0.25, 0.3) is 0 Å². The predicted octanol–water partition coefficient (Wildman–Crippen LogP) is 1.37. The molecule has 0 aliphatic heterocycles. The number of nitrogens with one attached hydrogen (secondary N) is 1. The number of methoxy groups -OCH3 is 1. The second kappa shape index (κ2) is 7.21. The zero-order chi connectivity index (χ0) is 16.8. The minimum atomic E-state index is -1.10. The van der Waals surface area contributed by atoms with Crippen LogP contribution in [0.1, 0.15) is 17.3 Å². The molecule has 0 aliphatic rings. The number of rotatable bonds is 5. The van der Waals surface area contributed by atoms with Gasteiger partial charge in [-0.2, -0.15) is 0 Å². The van der Waals surface area contributed by atoms with Crippen molar-refractivity contribution >= 4 is 17.8 Å². The maximum Gasteiger partial charge on any atom is 0.342 e. The first-order chi connectivity index (χ1) is 11.0. The number of amides is 1. The van der Waals surface area contributed by atoms with Gasteiger partial charge >= 0.3 is 5.97 Å². The van der Waals surface area contributed by atoms with E-state index >= 15 is 0 Å². The van der Waals surface area contributed by atoms with Gasteiger partial charge in [0.05, 0.1) is 7.11 Å². The Morgan fingerprint density at radius 3 is 2.61 bits per heavy atom. The number of hydrogen-bond donors (Lipinski definition) is 2. The SMILES string of the molecule is COc1ccc(O)c(C(=O)OC(C)C(=O)Nc2ncccn2)c1. The second-order valence-electron chi connectivity index (χ2n) is 4.49. The van der Waals surface area contributed by atoms with E-state index in [9.17, 15) is 14.7 Å². The third kappa shape index (κ3) is 4.16. The van der Waals surface area contributed by atoms with Gasteiger partial charge in [0, 0.05) is 12.4 Å². The molecule has 1 atom stereocenters. The van der Waals surface area contributed by atoms with Gasteiger partial charge in [0.25, 0.3) is 5.91 Å². The van der Waals surface area contributed by atoms with Crippen molar-refractivity contribution in [2.24, 2.45) is 0 Å². The molecule has 1 aromatic carbocycles. The molecule has 120 valence electrons. The Morgan fingerprint density at radius 1 is 1.26 bits per heavy atom. The zero-order valence-corrected chi connectivity index (χ0v) is 12.5. The Kier molecular flexibility index (Phi) is 5.08. The van der Waals surface area contributed by atoms with Gasteiger partial charge in [-0.3, -0.25) is 10.1 Å². The lowest BCUT2D eigenvalue weighted by Gasteiger charge is -2.13. The number of anilines is 1. The third-order valence-electron chi connectivity index (χ3n) is 2.88. The Morgan fingerprint density at radius 2 is 1.96 bits per heavy atom. The van der Waals surface area contributed by atoms with Gasteiger partial charge in [-0.1, -0.05) is 0 Å². The van der Waals surface area contributed by atoms with E-state index < -0.39 is 18.0 Å². The van der Waals surface area contributed by atoms with Crippen molar-refractivity contribution < 1.29 is 24.2 Å². The number of esters is 1. The van der Waals surface area contributed by atoms with Gasteiger partial charge < -0.3 is 14.6 Å². The van der Waals surface area contributed by atoms with Crippen LogP contribution in [-0.4, -0.2) is 40.2 Å². The van der Waals surface area contributed by atoms with E-state index in [-0.39, 0.29) is 17.3 Å². The molecular weight excluding hydrogens is 302 g/mol. The lowest BCUT2D eigenvalue weighted by molar-refractivity contribution is -0.123. The van der Waals surface area contributed by atoms with Crippen molar-refractivity contribution in [2.75, 3.05) is 12.4 Å². The van der Waals surface area contributed by atoms with Crippen molar-refractivity contribution in [1.82, 2.24) is 9.97 Å². The number of hydrogen-bond acceptors (Lipinski definition) is 7. The van der Waals surface area contributed by atoms with Crippen molar-refractivity contribution in [2.45, 2.75) is 13.0 Å². The predicted molar refractivity (Wildman–Crippen MR) is 80.2 cm³/mol. The van der Waals surface area contributed by atoms with E-state index in [1.54, 1.807) is 6.07 Å². The summed E-state index contributed by atoms with van der Waals surface area (Å²) in [6.45, 7) is 1.40. The molecule has 1 aromatic heterocycles. The molecule has 2 aromatic rings. The van der Waals surface area contributed by atoms with Crippen LogP contribution in [0.4, 0.5) is 5.95 Å². The van der Waals surface area contributed by atoms with Crippen molar-refractivity contribution in [3.05, 3.63) is 42.2 Å². The maximum atomic E-state index is 12.1. The third-order valence-corrected chi connectivity index (χ3v) is 2.88. The minimum absolute atomic E-state index is 0.0973. The van der Waals surface area contributed by atoms with Crippen LogP contribution in [-0.2, 0) is 9.53 Å². The number of phenolic OH excluding ortho intramolecular Hbond substituents is 1. The first-order valence-electron chi connectivity index (χ1n) is 6.67. The summed E-state index contributed by atoms with van der Waals surface area (Å²) in [5.41, 5.74) is -0.0973. The van der Waals surface area contributed by atoms with E-state index in [2.05, 4.69) is 15.3 Å². The fraction of sp³-hybridized carbons (Fsp3) is 0.200. The molecule has 0 radical (unpaired) electrons. The first-order valence-corrected chi connectivity index (χ1v) is 6.67. The number of benzene rings is 1. The number of carbonyl (C=O) groups is 2. The molecule has 1 amide bonds. The molecule has 1 unspecified atom stereocenters. The average molecular weight is 317 g/mol. The Balaban J connectivity index is 2.03. The number of nitrogens with zero attached hydrogens (tertiary/aromatic N) is 2. The van der Waals surface area contributed by atoms with Crippen molar-refractivity contribution in [3.8, 4) is 11.5 Å². The van der Waals surface area contributed by atoms with Gasteiger partial charge in [-0.25, -0.2) is 14.8 Å². The summed E-state index contributed by atoms with van der Waals surface area (Å²) in [6.07, 6.45) is 1.83. The molecule has 23 heavy (non-hydrogen) atoms. The smallest absolute Gasteiger partial charge is 0.342 e. The lowest BCUT2D eigenvalue weighted by atomic mass is 10.2. The van der Waals surface area contributed by atoms with Crippen LogP contribution in [0.15, 0.2) is 36.7 Å². The molecule has 0 spiro atoms. The summed E-state index contributed by atoms with van der Waals surface area (Å²) in [5.74, 6) is -1.23. The van der Waals surface area contributed by atoms with E-state index in [1.807, 2.05) is 0 Å². The largest absolute Gasteiger partial charge is 0.507 e. The summed E-state index contributed by atoms with van der Waals surface area (Å²) in [7, 11) is 1.43. The summed E-state index contributed by atoms with van der Waals surface area (Å²) in [6, 6.07) is 5.72. The summed E-state index contributed by atoms with van der Waals surface area (Å²) in [5, 5.41) is 12.1. The van der Waals surface area contributed by atoms with E-state index in [0.29, 0.717) is 5.75 Å². The summed E-state index contributed by atoms with van der Waals surface area (Å²) >= 11 is 0. The highest BCUT2D eigenvalue weighted by molar-refractivity contribution is 5.97. The second-order valence-corrected chi connectivity index (χ2v) is 4.49. The van der Waals surface area contributed by atoms with Crippen LogP contribution >= 0.6 is 0 Å². The number of aromatic hydroxyl groups is 1. The standard InChI is InChI=1S/C15H15N3O5/c1-9(13(20)18-15-16-6-3-7-17-15)23-14(21)11-8-10(22-2)4-5-12(11)19/h3-9,19H,1-2H3,(H,16,17,18,20).